The molecule has 0 bridgehead atoms. The van der Waals surface area contributed by atoms with Gasteiger partial charge in [-0.3, -0.25) is 4.79 Å². The second kappa shape index (κ2) is 6.25. The average Bonchev–Trinajstić information content (AvgIpc) is 3.35. The number of likely N-dealkylation sites (tertiary alicyclic amines) is 1. The second-order valence-electron chi connectivity index (χ2n) is 7.05. The molecular weight excluding hydrogens is 340 g/mol. The Hall–Kier alpha value is -3.12. The highest BCUT2D eigenvalue weighted by Gasteiger charge is 2.41. The molecule has 2 aliphatic rings. The van der Waals surface area contributed by atoms with Crippen molar-refractivity contribution in [3.05, 3.63) is 71.9 Å². The van der Waals surface area contributed by atoms with Crippen molar-refractivity contribution in [2.24, 2.45) is 4.99 Å². The lowest BCUT2D eigenvalue weighted by atomic mass is 10.00. The largest absolute Gasteiger partial charge is 0.361 e. The first kappa shape index (κ1) is 16.1. The van der Waals surface area contributed by atoms with E-state index in [1.165, 1.54) is 0 Å². The summed E-state index contributed by atoms with van der Waals surface area (Å²) in [6.07, 6.45) is 3.23. The summed E-state index contributed by atoms with van der Waals surface area (Å²) >= 11 is 0. The number of fused-ring (bicyclic) bond motifs is 1. The molecule has 1 aromatic heterocycles. The molecule has 0 saturated carbocycles. The second-order valence-corrected chi connectivity index (χ2v) is 7.05. The van der Waals surface area contributed by atoms with Gasteiger partial charge >= 0.3 is 0 Å². The van der Waals surface area contributed by atoms with Crippen molar-refractivity contribution >= 4 is 22.6 Å². The third-order valence-corrected chi connectivity index (χ3v) is 5.33. The lowest BCUT2D eigenvalue weighted by Gasteiger charge is -2.35. The van der Waals surface area contributed by atoms with E-state index in [1.807, 2.05) is 65.7 Å². The summed E-state index contributed by atoms with van der Waals surface area (Å²) in [6, 6.07) is 17.7. The number of piperidine rings is 1. The monoisotopic (exact) mass is 360 g/mol. The highest BCUT2D eigenvalue weighted by Crippen LogP contribution is 2.31. The van der Waals surface area contributed by atoms with Crippen LogP contribution < -0.4 is 5.48 Å². The van der Waals surface area contributed by atoms with Gasteiger partial charge in [0.05, 0.1) is 0 Å². The topological polar surface area (TPSA) is 69.7 Å². The summed E-state index contributed by atoms with van der Waals surface area (Å²) in [5.74, 6) is 0.812. The minimum atomic E-state index is -0.578. The van der Waals surface area contributed by atoms with Crippen LogP contribution in [0, 0.1) is 0 Å². The fourth-order valence-electron chi connectivity index (χ4n) is 3.75. The fourth-order valence-corrected chi connectivity index (χ4v) is 3.75. The van der Waals surface area contributed by atoms with Crippen molar-refractivity contribution < 1.29 is 9.63 Å². The molecule has 1 amide bonds. The van der Waals surface area contributed by atoms with Gasteiger partial charge in [-0.15, -0.1) is 0 Å². The number of hydrogen-bond acceptors (Lipinski definition) is 4. The number of H-pyrrole nitrogens is 1. The van der Waals surface area contributed by atoms with Gasteiger partial charge in [0.2, 0.25) is 0 Å². The van der Waals surface area contributed by atoms with Crippen LogP contribution in [0.1, 0.15) is 28.8 Å². The maximum Gasteiger partial charge on any atom is 0.253 e. The van der Waals surface area contributed by atoms with Gasteiger partial charge in [-0.05, 0) is 23.6 Å². The van der Waals surface area contributed by atoms with E-state index < -0.39 is 5.72 Å². The van der Waals surface area contributed by atoms with E-state index >= 15 is 0 Å². The minimum absolute atomic E-state index is 0.0552. The molecule has 2 N–H and O–H groups in total. The van der Waals surface area contributed by atoms with Gasteiger partial charge in [0.25, 0.3) is 5.91 Å². The first-order valence-electron chi connectivity index (χ1n) is 9.18. The highest BCUT2D eigenvalue weighted by atomic mass is 16.7. The zero-order chi connectivity index (χ0) is 18.3. The zero-order valence-electron chi connectivity index (χ0n) is 14.8. The maximum absolute atomic E-state index is 12.9. The number of carbonyl (C=O) groups excluding carboxylic acids is 1. The van der Waals surface area contributed by atoms with Gasteiger partial charge in [0, 0.05) is 48.8 Å². The molecular formula is C21H20N4O2. The number of nitrogens with zero attached hydrogens (tertiary/aromatic N) is 2. The maximum atomic E-state index is 12.9. The molecule has 0 aliphatic carbocycles. The Bertz CT molecular complexity index is 1020. The Morgan fingerprint density at radius 2 is 1.89 bits per heavy atom. The van der Waals surface area contributed by atoms with E-state index in [4.69, 9.17) is 9.83 Å². The summed E-state index contributed by atoms with van der Waals surface area (Å²) in [4.78, 5) is 28.5. The van der Waals surface area contributed by atoms with Gasteiger partial charge in [-0.2, -0.15) is 0 Å². The average molecular weight is 360 g/mol. The number of amides is 1. The number of rotatable bonds is 2. The van der Waals surface area contributed by atoms with Crippen LogP contribution in [0.15, 0.2) is 65.8 Å². The van der Waals surface area contributed by atoms with E-state index in [-0.39, 0.29) is 5.91 Å². The lowest BCUT2D eigenvalue weighted by molar-refractivity contribution is -0.0849. The molecule has 1 saturated heterocycles. The van der Waals surface area contributed by atoms with Crippen molar-refractivity contribution in [1.29, 1.82) is 0 Å². The van der Waals surface area contributed by atoms with Gasteiger partial charge in [0.1, 0.15) is 0 Å². The normalized spacial score (nSPS) is 18.5. The number of aliphatic imine (C=N–C) groups is 1. The van der Waals surface area contributed by atoms with Crippen LogP contribution in [-0.2, 0) is 4.84 Å². The van der Waals surface area contributed by atoms with Gasteiger partial charge in [-0.25, -0.2) is 15.3 Å². The standard InChI is InChI=1S/C21H20N4O2/c26-20(17-7-6-15-8-11-22-18(15)14-17)25-12-9-21(10-13-25)23-19(24-27-21)16-4-2-1-3-5-16/h1-8,11,14,22H,9-10,12-13H2,(H,23,24). The van der Waals surface area contributed by atoms with Crippen molar-refractivity contribution in [2.45, 2.75) is 18.6 Å². The molecule has 6 heteroatoms. The summed E-state index contributed by atoms with van der Waals surface area (Å²) in [5, 5.41) is 1.11. The van der Waals surface area contributed by atoms with E-state index in [1.54, 1.807) is 0 Å². The summed E-state index contributed by atoms with van der Waals surface area (Å²) < 4.78 is 0. The highest BCUT2D eigenvalue weighted by molar-refractivity contribution is 5.99. The number of aromatic nitrogens is 1. The van der Waals surface area contributed by atoms with E-state index in [0.29, 0.717) is 31.5 Å². The number of hydroxylamine groups is 1. The Morgan fingerprint density at radius 1 is 1.07 bits per heavy atom. The molecule has 0 unspecified atom stereocenters. The number of hydrogen-bond donors (Lipinski definition) is 2. The number of benzene rings is 2. The first-order chi connectivity index (χ1) is 13.2. The first-order valence-corrected chi connectivity index (χ1v) is 9.18. The Balaban J connectivity index is 1.30. The van der Waals surface area contributed by atoms with Gasteiger partial charge in [-0.1, -0.05) is 36.4 Å². The van der Waals surface area contributed by atoms with Gasteiger partial charge in [0.15, 0.2) is 11.6 Å². The third kappa shape index (κ3) is 2.88. The molecule has 5 rings (SSSR count). The molecule has 0 atom stereocenters. The molecule has 1 fully saturated rings. The molecule has 0 radical (unpaired) electrons. The van der Waals surface area contributed by atoms with E-state index in [9.17, 15) is 4.79 Å². The Kier molecular flexibility index (Phi) is 3.72. The van der Waals surface area contributed by atoms with Crippen molar-refractivity contribution in [2.75, 3.05) is 13.1 Å². The van der Waals surface area contributed by atoms with Crippen LogP contribution in [0.25, 0.3) is 10.9 Å². The van der Waals surface area contributed by atoms with Crippen LogP contribution in [-0.4, -0.2) is 40.4 Å². The molecule has 3 heterocycles. The van der Waals surface area contributed by atoms with E-state index in [0.717, 1.165) is 22.3 Å². The Morgan fingerprint density at radius 3 is 2.70 bits per heavy atom. The predicted molar refractivity (Wildman–Crippen MR) is 103 cm³/mol. The molecule has 6 nitrogen and oxygen atoms in total. The van der Waals surface area contributed by atoms with Crippen LogP contribution in [0.2, 0.25) is 0 Å². The molecule has 1 spiro atoms. The minimum Gasteiger partial charge on any atom is -0.361 e. The quantitative estimate of drug-likeness (QED) is 0.738. The molecule has 2 aromatic carbocycles. The fraction of sp³-hybridized carbons (Fsp3) is 0.238. The molecule has 27 heavy (non-hydrogen) atoms. The number of amidine groups is 1. The number of carbonyl (C=O) groups is 1. The predicted octanol–water partition coefficient (Wildman–Crippen LogP) is 3.08. The molecule has 2 aliphatic heterocycles. The lowest BCUT2D eigenvalue weighted by Crippen LogP contribution is -2.46. The van der Waals surface area contributed by atoms with Crippen LogP contribution >= 0.6 is 0 Å². The van der Waals surface area contributed by atoms with Crippen molar-refractivity contribution in [1.82, 2.24) is 15.4 Å². The third-order valence-electron chi connectivity index (χ3n) is 5.33. The summed E-state index contributed by atoms with van der Waals surface area (Å²) in [7, 11) is 0. The smallest absolute Gasteiger partial charge is 0.253 e. The summed E-state index contributed by atoms with van der Waals surface area (Å²) in [5.41, 5.74) is 5.09. The Labute approximate surface area is 156 Å². The van der Waals surface area contributed by atoms with Gasteiger partial charge < -0.3 is 9.88 Å². The summed E-state index contributed by atoms with van der Waals surface area (Å²) in [6.45, 7) is 1.24. The number of nitrogens with one attached hydrogen (secondary N) is 2. The van der Waals surface area contributed by atoms with Crippen molar-refractivity contribution in [3.8, 4) is 0 Å². The molecule has 136 valence electrons. The number of aromatic amines is 1. The van der Waals surface area contributed by atoms with Crippen molar-refractivity contribution in [3.63, 3.8) is 0 Å². The van der Waals surface area contributed by atoms with E-state index in [2.05, 4.69) is 10.5 Å². The van der Waals surface area contributed by atoms with Crippen LogP contribution in [0.3, 0.4) is 0 Å². The van der Waals surface area contributed by atoms with Crippen LogP contribution in [0.5, 0.6) is 0 Å². The zero-order valence-corrected chi connectivity index (χ0v) is 14.8. The SMILES string of the molecule is O=C(c1ccc2cc[nH]c2c1)N1CCC2(CC1)N=C(c1ccccc1)NO2. The molecule has 3 aromatic rings. The van der Waals surface area contributed by atoms with Crippen LogP contribution in [0.4, 0.5) is 0 Å².